The summed E-state index contributed by atoms with van der Waals surface area (Å²) in [5, 5.41) is 6.96. The highest BCUT2D eigenvalue weighted by Crippen LogP contribution is 2.25. The molecule has 1 aliphatic heterocycles. The summed E-state index contributed by atoms with van der Waals surface area (Å²) in [6, 6.07) is 0.394. The molecule has 0 radical (unpaired) electrons. The van der Waals surface area contributed by atoms with Crippen molar-refractivity contribution in [2.45, 2.75) is 45.6 Å². The maximum atomic E-state index is 12.2. The van der Waals surface area contributed by atoms with Gasteiger partial charge in [-0.2, -0.15) is 0 Å². The van der Waals surface area contributed by atoms with E-state index >= 15 is 0 Å². The Morgan fingerprint density at radius 1 is 1.42 bits per heavy atom. The zero-order valence-corrected chi connectivity index (χ0v) is 15.5. The Hall–Kier alpha value is -1.44. The molecule has 1 aliphatic rings. The molecule has 0 aliphatic carbocycles. The minimum atomic E-state index is -0.109. The number of halogens is 1. The normalized spacial score (nSPS) is 17.0. The van der Waals surface area contributed by atoms with Crippen LogP contribution in [0, 0.1) is 13.8 Å². The lowest BCUT2D eigenvalue weighted by Gasteiger charge is -2.11. The average Bonchev–Trinajstić information content (AvgIpc) is 3.12. The topological polar surface area (TPSA) is 86.9 Å². The summed E-state index contributed by atoms with van der Waals surface area (Å²) in [7, 11) is 0. The van der Waals surface area contributed by atoms with Crippen molar-refractivity contribution in [3.05, 3.63) is 26.6 Å². The van der Waals surface area contributed by atoms with Crippen molar-refractivity contribution in [2.75, 3.05) is 13.1 Å². The van der Waals surface area contributed by atoms with E-state index < -0.39 is 0 Å². The molecule has 132 valence electrons. The van der Waals surface area contributed by atoms with Crippen LogP contribution in [0.4, 0.5) is 0 Å². The fourth-order valence-electron chi connectivity index (χ4n) is 2.91. The smallest absolute Gasteiger partial charge is 0.259 e. The summed E-state index contributed by atoms with van der Waals surface area (Å²) >= 11 is 1.53. The number of carbonyl (C=O) groups is 1. The van der Waals surface area contributed by atoms with Crippen LogP contribution in [-0.4, -0.2) is 35.0 Å². The Balaban J connectivity index is 0.00000208. The predicted molar refractivity (Wildman–Crippen MR) is 99.3 cm³/mol. The molecule has 1 atom stereocenters. The maximum absolute atomic E-state index is 12.2. The fraction of sp³-hybridized carbons (Fsp3) is 0.562. The van der Waals surface area contributed by atoms with Gasteiger partial charge in [-0.05, 0) is 38.8 Å². The van der Waals surface area contributed by atoms with Crippen molar-refractivity contribution in [2.24, 2.45) is 0 Å². The number of nitrogens with zero attached hydrogens (tertiary/aromatic N) is 1. The third kappa shape index (κ3) is 4.15. The Morgan fingerprint density at radius 3 is 2.92 bits per heavy atom. The number of thiophene rings is 1. The molecular formula is C16H23ClN4O2S. The van der Waals surface area contributed by atoms with Gasteiger partial charge in [0.25, 0.3) is 5.56 Å². The third-order valence-corrected chi connectivity index (χ3v) is 5.49. The van der Waals surface area contributed by atoms with E-state index in [1.807, 2.05) is 13.8 Å². The van der Waals surface area contributed by atoms with Gasteiger partial charge in [0.1, 0.15) is 10.7 Å². The third-order valence-electron chi connectivity index (χ3n) is 4.38. The van der Waals surface area contributed by atoms with Crippen LogP contribution in [0.5, 0.6) is 0 Å². The van der Waals surface area contributed by atoms with E-state index in [9.17, 15) is 9.59 Å². The Bertz CT molecular complexity index is 780. The van der Waals surface area contributed by atoms with E-state index in [0.29, 0.717) is 36.6 Å². The first-order valence-electron chi connectivity index (χ1n) is 8.03. The van der Waals surface area contributed by atoms with Crippen LogP contribution in [0.25, 0.3) is 10.2 Å². The summed E-state index contributed by atoms with van der Waals surface area (Å²) in [5.41, 5.74) is 0.884. The molecule has 6 nitrogen and oxygen atoms in total. The van der Waals surface area contributed by atoms with Crippen LogP contribution < -0.4 is 16.2 Å². The van der Waals surface area contributed by atoms with Crippen LogP contribution in [0.1, 0.15) is 35.5 Å². The van der Waals surface area contributed by atoms with E-state index in [2.05, 4.69) is 20.6 Å². The molecular weight excluding hydrogens is 348 g/mol. The van der Waals surface area contributed by atoms with E-state index in [4.69, 9.17) is 0 Å². The number of amides is 1. The first kappa shape index (κ1) is 18.9. The molecule has 0 aromatic carbocycles. The van der Waals surface area contributed by atoms with Crippen molar-refractivity contribution in [1.29, 1.82) is 0 Å². The number of aromatic nitrogens is 2. The van der Waals surface area contributed by atoms with Crippen LogP contribution in [0.3, 0.4) is 0 Å². The molecule has 3 heterocycles. The lowest BCUT2D eigenvalue weighted by atomic mass is 10.2. The van der Waals surface area contributed by atoms with Gasteiger partial charge in [0.05, 0.1) is 5.39 Å². The van der Waals surface area contributed by atoms with Gasteiger partial charge in [-0.1, -0.05) is 0 Å². The quantitative estimate of drug-likeness (QED) is 0.749. The van der Waals surface area contributed by atoms with Gasteiger partial charge in [-0.15, -0.1) is 23.7 Å². The SMILES string of the molecule is Cc1sc2nc(CCC(=O)NCC3CCCN3)[nH]c(=O)c2c1C.Cl. The molecule has 0 spiro atoms. The van der Waals surface area contributed by atoms with Gasteiger partial charge in [0.15, 0.2) is 0 Å². The molecule has 3 rings (SSSR count). The van der Waals surface area contributed by atoms with Crippen LogP contribution in [-0.2, 0) is 11.2 Å². The summed E-state index contributed by atoms with van der Waals surface area (Å²) in [6.45, 7) is 5.64. The minimum Gasteiger partial charge on any atom is -0.355 e. The number of H-pyrrole nitrogens is 1. The van der Waals surface area contributed by atoms with E-state index in [1.165, 1.54) is 17.8 Å². The number of aromatic amines is 1. The number of nitrogens with one attached hydrogen (secondary N) is 3. The number of aryl methyl sites for hydroxylation is 3. The van der Waals surface area contributed by atoms with E-state index in [-0.39, 0.29) is 23.9 Å². The summed E-state index contributed by atoms with van der Waals surface area (Å²) in [5.74, 6) is 0.581. The molecule has 0 saturated carbocycles. The van der Waals surface area contributed by atoms with Gasteiger partial charge in [0, 0.05) is 30.3 Å². The Morgan fingerprint density at radius 2 is 2.21 bits per heavy atom. The van der Waals surface area contributed by atoms with E-state index in [1.54, 1.807) is 0 Å². The molecule has 1 saturated heterocycles. The molecule has 8 heteroatoms. The van der Waals surface area contributed by atoms with Gasteiger partial charge in [-0.25, -0.2) is 4.98 Å². The number of fused-ring (bicyclic) bond motifs is 1. The first-order chi connectivity index (χ1) is 11.0. The minimum absolute atomic E-state index is 0. The fourth-order valence-corrected chi connectivity index (χ4v) is 3.95. The summed E-state index contributed by atoms with van der Waals surface area (Å²) in [6.07, 6.45) is 3.07. The molecule has 0 bridgehead atoms. The highest BCUT2D eigenvalue weighted by atomic mass is 35.5. The highest BCUT2D eigenvalue weighted by molar-refractivity contribution is 7.18. The molecule has 1 amide bonds. The van der Waals surface area contributed by atoms with Crippen molar-refractivity contribution in [3.63, 3.8) is 0 Å². The Labute approximate surface area is 150 Å². The average molecular weight is 371 g/mol. The van der Waals surface area contributed by atoms with Gasteiger partial charge >= 0.3 is 0 Å². The molecule has 1 unspecified atom stereocenters. The van der Waals surface area contributed by atoms with Crippen molar-refractivity contribution in [1.82, 2.24) is 20.6 Å². The Kier molecular flexibility index (Phi) is 6.37. The second-order valence-electron chi connectivity index (χ2n) is 6.07. The van der Waals surface area contributed by atoms with E-state index in [0.717, 1.165) is 28.2 Å². The lowest BCUT2D eigenvalue weighted by Crippen LogP contribution is -2.37. The number of rotatable bonds is 5. The maximum Gasteiger partial charge on any atom is 0.259 e. The van der Waals surface area contributed by atoms with Crippen molar-refractivity contribution >= 4 is 39.9 Å². The standard InChI is InChI=1S/C16H22N4O2S.ClH/c1-9-10(2)23-16-14(9)15(22)19-12(20-16)5-6-13(21)18-8-11-4-3-7-17-11;/h11,17H,3-8H2,1-2H3,(H,18,21)(H,19,20,22);1H. The molecule has 2 aromatic rings. The number of hydrogen-bond acceptors (Lipinski definition) is 5. The monoisotopic (exact) mass is 370 g/mol. The van der Waals surface area contributed by atoms with Crippen LogP contribution in [0.2, 0.25) is 0 Å². The number of carbonyl (C=O) groups excluding carboxylic acids is 1. The molecule has 2 aromatic heterocycles. The van der Waals surface area contributed by atoms with Crippen LogP contribution in [0.15, 0.2) is 4.79 Å². The van der Waals surface area contributed by atoms with Gasteiger partial charge in [-0.3, -0.25) is 9.59 Å². The summed E-state index contributed by atoms with van der Waals surface area (Å²) in [4.78, 5) is 33.3. The molecule has 3 N–H and O–H groups in total. The van der Waals surface area contributed by atoms with Crippen molar-refractivity contribution < 1.29 is 4.79 Å². The van der Waals surface area contributed by atoms with Crippen molar-refractivity contribution in [3.8, 4) is 0 Å². The molecule has 24 heavy (non-hydrogen) atoms. The molecule has 1 fully saturated rings. The van der Waals surface area contributed by atoms with Gasteiger partial charge < -0.3 is 15.6 Å². The number of hydrogen-bond donors (Lipinski definition) is 3. The van der Waals surface area contributed by atoms with Crippen LogP contribution >= 0.6 is 23.7 Å². The zero-order valence-electron chi connectivity index (χ0n) is 13.9. The zero-order chi connectivity index (χ0) is 16.4. The lowest BCUT2D eigenvalue weighted by molar-refractivity contribution is -0.121. The first-order valence-corrected chi connectivity index (χ1v) is 8.85. The second kappa shape index (κ2) is 8.09. The van der Waals surface area contributed by atoms with Gasteiger partial charge in [0.2, 0.25) is 5.91 Å². The second-order valence-corrected chi connectivity index (χ2v) is 7.28. The highest BCUT2D eigenvalue weighted by Gasteiger charge is 2.15. The summed E-state index contributed by atoms with van der Waals surface area (Å²) < 4.78 is 0. The largest absolute Gasteiger partial charge is 0.355 e. The predicted octanol–water partition coefficient (Wildman–Crippen LogP) is 1.82.